The van der Waals surface area contributed by atoms with E-state index >= 15 is 0 Å². The minimum Gasteiger partial charge on any atom is -0.360 e. The molecule has 0 spiro atoms. The molecule has 0 unspecified atom stereocenters. The first kappa shape index (κ1) is 9.31. The van der Waals surface area contributed by atoms with Gasteiger partial charge in [0.05, 0.1) is 10.5 Å². The van der Waals surface area contributed by atoms with Crippen molar-refractivity contribution >= 4 is 22.5 Å². The zero-order chi connectivity index (χ0) is 10.1. The zero-order valence-corrected chi connectivity index (χ0v) is 8.38. The summed E-state index contributed by atoms with van der Waals surface area (Å²) in [5.41, 5.74) is 7.83. The minimum absolute atomic E-state index is 0.151. The van der Waals surface area contributed by atoms with Crippen LogP contribution in [-0.4, -0.2) is 4.98 Å². The summed E-state index contributed by atoms with van der Waals surface area (Å²) in [7, 11) is 0. The molecule has 0 aliphatic heterocycles. The van der Waals surface area contributed by atoms with Crippen molar-refractivity contribution in [3.05, 3.63) is 47.6 Å². The summed E-state index contributed by atoms with van der Waals surface area (Å²) in [4.78, 5) is 3.11. The molecular formula is C11H11ClN2. The molecule has 1 aromatic heterocycles. The molecule has 3 N–H and O–H groups in total. The third kappa shape index (κ3) is 1.33. The highest BCUT2D eigenvalue weighted by molar-refractivity contribution is 6.35. The second-order valence-corrected chi connectivity index (χ2v) is 3.58. The summed E-state index contributed by atoms with van der Waals surface area (Å²) in [6.45, 7) is 3.67. The Morgan fingerprint density at radius 3 is 3.00 bits per heavy atom. The molecule has 0 bridgehead atoms. The van der Waals surface area contributed by atoms with Crippen molar-refractivity contribution in [2.75, 3.05) is 0 Å². The minimum atomic E-state index is -0.151. The first-order chi connectivity index (χ1) is 6.74. The van der Waals surface area contributed by atoms with Gasteiger partial charge < -0.3 is 10.7 Å². The van der Waals surface area contributed by atoms with E-state index in [1.807, 2.05) is 24.4 Å². The van der Waals surface area contributed by atoms with Crippen LogP contribution in [0.1, 0.15) is 11.6 Å². The predicted molar refractivity (Wildman–Crippen MR) is 60.4 cm³/mol. The fraction of sp³-hybridized carbons (Fsp3) is 0.0909. The van der Waals surface area contributed by atoms with Crippen LogP contribution in [0.4, 0.5) is 0 Å². The van der Waals surface area contributed by atoms with E-state index in [4.69, 9.17) is 17.3 Å². The van der Waals surface area contributed by atoms with Crippen LogP contribution >= 0.6 is 11.6 Å². The van der Waals surface area contributed by atoms with E-state index < -0.39 is 0 Å². The lowest BCUT2D eigenvalue weighted by atomic mass is 10.1. The van der Waals surface area contributed by atoms with E-state index in [0.29, 0.717) is 5.02 Å². The standard InChI is InChI=1S/C11H11ClN2/c1-2-10(13)8-6-14-11-7(8)4-3-5-9(11)12/h2-6,10,14H,1,13H2/t10-/m0/s1. The molecule has 1 heterocycles. The van der Waals surface area contributed by atoms with E-state index in [-0.39, 0.29) is 6.04 Å². The monoisotopic (exact) mass is 206 g/mol. The first-order valence-electron chi connectivity index (χ1n) is 4.37. The van der Waals surface area contributed by atoms with Gasteiger partial charge in [0, 0.05) is 17.6 Å². The van der Waals surface area contributed by atoms with E-state index in [1.54, 1.807) is 6.08 Å². The van der Waals surface area contributed by atoms with Crippen molar-refractivity contribution in [1.82, 2.24) is 4.98 Å². The molecule has 0 saturated carbocycles. The van der Waals surface area contributed by atoms with Crippen LogP contribution in [0.2, 0.25) is 5.02 Å². The smallest absolute Gasteiger partial charge is 0.0647 e. The molecule has 1 aromatic carbocycles. The molecular weight excluding hydrogens is 196 g/mol. The maximum Gasteiger partial charge on any atom is 0.0647 e. The van der Waals surface area contributed by atoms with Crippen molar-refractivity contribution < 1.29 is 0 Å². The lowest BCUT2D eigenvalue weighted by Gasteiger charge is -2.03. The number of benzene rings is 1. The van der Waals surface area contributed by atoms with Crippen molar-refractivity contribution in [2.45, 2.75) is 6.04 Å². The van der Waals surface area contributed by atoms with Gasteiger partial charge in [-0.15, -0.1) is 6.58 Å². The van der Waals surface area contributed by atoms with Gasteiger partial charge in [-0.1, -0.05) is 29.8 Å². The Morgan fingerprint density at radius 2 is 2.29 bits per heavy atom. The molecule has 2 aromatic rings. The van der Waals surface area contributed by atoms with Gasteiger partial charge in [-0.05, 0) is 11.6 Å². The summed E-state index contributed by atoms with van der Waals surface area (Å²) < 4.78 is 0. The number of nitrogens with one attached hydrogen (secondary N) is 1. The predicted octanol–water partition coefficient (Wildman–Crippen LogP) is 3.01. The molecule has 2 rings (SSSR count). The number of halogens is 1. The van der Waals surface area contributed by atoms with E-state index in [0.717, 1.165) is 16.5 Å². The van der Waals surface area contributed by atoms with Gasteiger partial charge in [-0.3, -0.25) is 0 Å². The third-order valence-corrected chi connectivity index (χ3v) is 2.62. The Kier molecular flexibility index (Phi) is 2.32. The van der Waals surface area contributed by atoms with Gasteiger partial charge in [0.15, 0.2) is 0 Å². The van der Waals surface area contributed by atoms with Crippen LogP contribution in [0.3, 0.4) is 0 Å². The van der Waals surface area contributed by atoms with E-state index in [1.165, 1.54) is 0 Å². The summed E-state index contributed by atoms with van der Waals surface area (Å²) in [5, 5.41) is 1.77. The molecule has 0 aliphatic rings. The maximum atomic E-state index is 6.02. The fourth-order valence-electron chi connectivity index (χ4n) is 1.54. The number of nitrogens with two attached hydrogens (primary N) is 1. The van der Waals surface area contributed by atoms with Gasteiger partial charge >= 0.3 is 0 Å². The third-order valence-electron chi connectivity index (χ3n) is 2.31. The molecule has 2 nitrogen and oxygen atoms in total. The second-order valence-electron chi connectivity index (χ2n) is 3.17. The highest BCUT2D eigenvalue weighted by atomic mass is 35.5. The fourth-order valence-corrected chi connectivity index (χ4v) is 1.77. The van der Waals surface area contributed by atoms with Crippen LogP contribution < -0.4 is 5.73 Å². The van der Waals surface area contributed by atoms with Gasteiger partial charge in [0.2, 0.25) is 0 Å². The number of para-hydroxylation sites is 1. The number of aromatic amines is 1. The Bertz CT molecular complexity index is 473. The van der Waals surface area contributed by atoms with Crippen LogP contribution in [0.5, 0.6) is 0 Å². The molecule has 0 aliphatic carbocycles. The highest BCUT2D eigenvalue weighted by Gasteiger charge is 2.09. The number of H-pyrrole nitrogens is 1. The number of hydrogen-bond acceptors (Lipinski definition) is 1. The number of rotatable bonds is 2. The van der Waals surface area contributed by atoms with E-state index in [2.05, 4.69) is 11.6 Å². The van der Waals surface area contributed by atoms with Crippen molar-refractivity contribution in [1.29, 1.82) is 0 Å². The van der Waals surface area contributed by atoms with Gasteiger partial charge in [-0.2, -0.15) is 0 Å². The Balaban J connectivity index is 2.69. The molecule has 0 fully saturated rings. The lowest BCUT2D eigenvalue weighted by molar-refractivity contribution is 0.924. The molecule has 3 heteroatoms. The first-order valence-corrected chi connectivity index (χ1v) is 4.75. The Morgan fingerprint density at radius 1 is 1.50 bits per heavy atom. The number of aromatic nitrogens is 1. The molecule has 1 atom stereocenters. The zero-order valence-electron chi connectivity index (χ0n) is 7.63. The molecule has 0 radical (unpaired) electrons. The van der Waals surface area contributed by atoms with Crippen molar-refractivity contribution in [3.63, 3.8) is 0 Å². The summed E-state index contributed by atoms with van der Waals surface area (Å²) in [6, 6.07) is 5.61. The van der Waals surface area contributed by atoms with Crippen molar-refractivity contribution in [3.8, 4) is 0 Å². The molecule has 14 heavy (non-hydrogen) atoms. The number of hydrogen-bond donors (Lipinski definition) is 2. The molecule has 0 amide bonds. The van der Waals surface area contributed by atoms with Crippen molar-refractivity contribution in [2.24, 2.45) is 5.73 Å². The quantitative estimate of drug-likeness (QED) is 0.729. The second kappa shape index (κ2) is 3.48. The topological polar surface area (TPSA) is 41.8 Å². The van der Waals surface area contributed by atoms with Gasteiger partial charge in [0.1, 0.15) is 0 Å². The summed E-state index contributed by atoms with van der Waals surface area (Å²) >= 11 is 6.02. The van der Waals surface area contributed by atoms with Crippen LogP contribution in [0, 0.1) is 0 Å². The highest BCUT2D eigenvalue weighted by Crippen LogP contribution is 2.28. The molecule has 0 saturated heterocycles. The average Bonchev–Trinajstić information content (AvgIpc) is 2.62. The van der Waals surface area contributed by atoms with Crippen LogP contribution in [0.15, 0.2) is 37.1 Å². The molecule has 72 valence electrons. The van der Waals surface area contributed by atoms with Crippen LogP contribution in [0.25, 0.3) is 10.9 Å². The lowest BCUT2D eigenvalue weighted by Crippen LogP contribution is -2.05. The van der Waals surface area contributed by atoms with Crippen LogP contribution in [-0.2, 0) is 0 Å². The summed E-state index contributed by atoms with van der Waals surface area (Å²) in [6.07, 6.45) is 3.59. The SMILES string of the molecule is C=C[C@H](N)c1c[nH]c2c(Cl)cccc12. The Hall–Kier alpha value is -1.25. The van der Waals surface area contributed by atoms with Gasteiger partial charge in [-0.25, -0.2) is 0 Å². The average molecular weight is 207 g/mol. The van der Waals surface area contributed by atoms with E-state index in [9.17, 15) is 0 Å². The largest absolute Gasteiger partial charge is 0.360 e. The summed E-state index contributed by atoms with van der Waals surface area (Å²) in [5.74, 6) is 0. The maximum absolute atomic E-state index is 6.02. The number of fused-ring (bicyclic) bond motifs is 1. The normalized spacial score (nSPS) is 13.0. The van der Waals surface area contributed by atoms with Gasteiger partial charge in [0.25, 0.3) is 0 Å². The Labute approximate surface area is 87.4 Å².